The molecule has 1 amide bonds. The SMILES string of the molecule is Cc1cccc(-n2c(C)nnc2S[C@@H](C)C(=O)N2[C@@H](C)CCC[C@@H]2C)c1. The molecule has 3 rings (SSSR count). The van der Waals surface area contributed by atoms with E-state index in [0.717, 1.165) is 29.5 Å². The lowest BCUT2D eigenvalue weighted by Crippen LogP contribution is -2.50. The topological polar surface area (TPSA) is 51.0 Å². The Morgan fingerprint density at radius 3 is 2.54 bits per heavy atom. The summed E-state index contributed by atoms with van der Waals surface area (Å²) in [6.07, 6.45) is 3.38. The number of carbonyl (C=O) groups is 1. The van der Waals surface area contributed by atoms with Gasteiger partial charge in [-0.15, -0.1) is 10.2 Å². The molecule has 6 heteroatoms. The van der Waals surface area contributed by atoms with Gasteiger partial charge < -0.3 is 4.90 Å². The number of amides is 1. The van der Waals surface area contributed by atoms with E-state index < -0.39 is 0 Å². The summed E-state index contributed by atoms with van der Waals surface area (Å²) in [6, 6.07) is 8.89. The number of nitrogens with zero attached hydrogens (tertiary/aromatic N) is 4. The van der Waals surface area contributed by atoms with Crippen molar-refractivity contribution in [3.8, 4) is 5.69 Å². The van der Waals surface area contributed by atoms with E-state index in [1.165, 1.54) is 23.7 Å². The van der Waals surface area contributed by atoms with E-state index >= 15 is 0 Å². The van der Waals surface area contributed by atoms with Gasteiger partial charge in [-0.1, -0.05) is 23.9 Å². The third kappa shape index (κ3) is 3.80. The maximum absolute atomic E-state index is 13.1. The molecule has 0 unspecified atom stereocenters. The first-order valence-electron chi connectivity index (χ1n) is 9.36. The second-order valence-electron chi connectivity index (χ2n) is 7.34. The van der Waals surface area contributed by atoms with Gasteiger partial charge in [-0.25, -0.2) is 0 Å². The Hall–Kier alpha value is -1.82. The third-order valence-electron chi connectivity index (χ3n) is 5.13. The minimum Gasteiger partial charge on any atom is -0.336 e. The molecule has 0 N–H and O–H groups in total. The van der Waals surface area contributed by atoms with Crippen LogP contribution in [0.5, 0.6) is 0 Å². The Morgan fingerprint density at radius 1 is 1.19 bits per heavy atom. The molecule has 1 aliphatic rings. The Bertz CT molecular complexity index is 778. The quantitative estimate of drug-likeness (QED) is 0.757. The first kappa shape index (κ1) is 19.0. The summed E-state index contributed by atoms with van der Waals surface area (Å²) in [5, 5.41) is 9.16. The van der Waals surface area contributed by atoms with Gasteiger partial charge in [-0.2, -0.15) is 0 Å². The lowest BCUT2D eigenvalue weighted by atomic mass is 9.97. The van der Waals surface area contributed by atoms with Gasteiger partial charge in [0, 0.05) is 17.8 Å². The molecule has 2 heterocycles. The number of benzene rings is 1. The smallest absolute Gasteiger partial charge is 0.236 e. The van der Waals surface area contributed by atoms with E-state index in [2.05, 4.69) is 54.1 Å². The fraction of sp³-hybridized carbons (Fsp3) is 0.550. The van der Waals surface area contributed by atoms with E-state index in [1.807, 2.05) is 24.5 Å². The molecule has 0 spiro atoms. The van der Waals surface area contributed by atoms with Gasteiger partial charge in [-0.05, 0) is 71.6 Å². The molecule has 0 aliphatic carbocycles. The maximum atomic E-state index is 13.1. The summed E-state index contributed by atoms with van der Waals surface area (Å²) in [7, 11) is 0. The van der Waals surface area contributed by atoms with Gasteiger partial charge in [-0.3, -0.25) is 9.36 Å². The van der Waals surface area contributed by atoms with Crippen LogP contribution in [0.3, 0.4) is 0 Å². The predicted molar refractivity (Wildman–Crippen MR) is 106 cm³/mol. The molecule has 3 atom stereocenters. The maximum Gasteiger partial charge on any atom is 0.236 e. The van der Waals surface area contributed by atoms with E-state index in [0.29, 0.717) is 12.1 Å². The number of piperidine rings is 1. The first-order valence-corrected chi connectivity index (χ1v) is 10.2. The Labute approximate surface area is 160 Å². The number of carbonyl (C=O) groups excluding carboxylic acids is 1. The number of hydrogen-bond donors (Lipinski definition) is 0. The molecule has 26 heavy (non-hydrogen) atoms. The first-order chi connectivity index (χ1) is 12.4. The molecule has 1 saturated heterocycles. The summed E-state index contributed by atoms with van der Waals surface area (Å²) >= 11 is 1.50. The molecule has 2 aromatic rings. The van der Waals surface area contributed by atoms with Crippen LogP contribution in [0.25, 0.3) is 5.69 Å². The molecule has 140 valence electrons. The summed E-state index contributed by atoms with van der Waals surface area (Å²) in [5.41, 5.74) is 2.22. The summed E-state index contributed by atoms with van der Waals surface area (Å²) in [5.74, 6) is 1.03. The Balaban J connectivity index is 1.82. The standard InChI is InChI=1S/C20H28N4OS/c1-13-8-6-11-18(12-13)24-17(5)21-22-20(24)26-16(4)19(25)23-14(2)9-7-10-15(23)3/h6,8,11-12,14-16H,7,9-10H2,1-5H3/t14-,15-,16-/m0/s1. The van der Waals surface area contributed by atoms with Gasteiger partial charge in [0.25, 0.3) is 0 Å². The number of aryl methyl sites for hydroxylation is 2. The van der Waals surface area contributed by atoms with Gasteiger partial charge in [0.15, 0.2) is 5.16 Å². The zero-order valence-electron chi connectivity index (χ0n) is 16.3. The van der Waals surface area contributed by atoms with Crippen LogP contribution in [0.2, 0.25) is 0 Å². The summed E-state index contributed by atoms with van der Waals surface area (Å²) < 4.78 is 2.03. The van der Waals surface area contributed by atoms with Crippen molar-refractivity contribution in [1.29, 1.82) is 0 Å². The zero-order valence-corrected chi connectivity index (χ0v) is 17.1. The molecule has 1 aromatic heterocycles. The van der Waals surface area contributed by atoms with Crippen molar-refractivity contribution in [3.63, 3.8) is 0 Å². The van der Waals surface area contributed by atoms with Crippen molar-refractivity contribution in [1.82, 2.24) is 19.7 Å². The van der Waals surface area contributed by atoms with Crippen LogP contribution in [-0.4, -0.2) is 42.9 Å². The van der Waals surface area contributed by atoms with E-state index in [1.54, 1.807) is 0 Å². The van der Waals surface area contributed by atoms with Crippen LogP contribution in [0, 0.1) is 13.8 Å². The zero-order chi connectivity index (χ0) is 18.8. The van der Waals surface area contributed by atoms with Crippen molar-refractivity contribution in [3.05, 3.63) is 35.7 Å². The van der Waals surface area contributed by atoms with E-state index in [-0.39, 0.29) is 11.2 Å². The third-order valence-corrected chi connectivity index (χ3v) is 6.16. The minimum atomic E-state index is -0.190. The molecule has 0 saturated carbocycles. The number of aromatic nitrogens is 3. The molecular formula is C20H28N4OS. The fourth-order valence-electron chi connectivity index (χ4n) is 3.76. The predicted octanol–water partition coefficient (Wildman–Crippen LogP) is 4.15. The lowest BCUT2D eigenvalue weighted by Gasteiger charge is -2.40. The van der Waals surface area contributed by atoms with Crippen LogP contribution in [-0.2, 0) is 4.79 Å². The van der Waals surface area contributed by atoms with Gasteiger partial charge in [0.2, 0.25) is 5.91 Å². The average Bonchev–Trinajstić information content (AvgIpc) is 2.95. The Kier molecular flexibility index (Phi) is 5.70. The van der Waals surface area contributed by atoms with Crippen molar-refractivity contribution in [2.45, 2.75) is 76.4 Å². The highest BCUT2D eigenvalue weighted by molar-refractivity contribution is 8.00. The second-order valence-corrected chi connectivity index (χ2v) is 8.65. The highest BCUT2D eigenvalue weighted by Crippen LogP contribution is 2.30. The van der Waals surface area contributed by atoms with Crippen molar-refractivity contribution in [2.75, 3.05) is 0 Å². The van der Waals surface area contributed by atoms with Crippen LogP contribution < -0.4 is 0 Å². The molecule has 0 bridgehead atoms. The van der Waals surface area contributed by atoms with Crippen LogP contribution in [0.4, 0.5) is 0 Å². The van der Waals surface area contributed by atoms with Crippen molar-refractivity contribution in [2.24, 2.45) is 0 Å². The summed E-state index contributed by atoms with van der Waals surface area (Å²) in [4.78, 5) is 15.2. The van der Waals surface area contributed by atoms with Crippen molar-refractivity contribution < 1.29 is 4.79 Å². The molecule has 5 nitrogen and oxygen atoms in total. The summed E-state index contributed by atoms with van der Waals surface area (Å²) in [6.45, 7) is 10.3. The number of likely N-dealkylation sites (tertiary alicyclic amines) is 1. The van der Waals surface area contributed by atoms with Crippen LogP contribution in [0.1, 0.15) is 51.4 Å². The normalized spacial score (nSPS) is 21.7. The highest BCUT2D eigenvalue weighted by atomic mass is 32.2. The molecule has 0 radical (unpaired) electrons. The number of rotatable bonds is 4. The van der Waals surface area contributed by atoms with E-state index in [4.69, 9.17) is 0 Å². The molecule has 1 aromatic carbocycles. The van der Waals surface area contributed by atoms with Crippen LogP contribution in [0.15, 0.2) is 29.4 Å². The Morgan fingerprint density at radius 2 is 1.88 bits per heavy atom. The van der Waals surface area contributed by atoms with Crippen LogP contribution >= 0.6 is 11.8 Å². The number of thioether (sulfide) groups is 1. The monoisotopic (exact) mass is 372 g/mol. The fourth-order valence-corrected chi connectivity index (χ4v) is 4.73. The average molecular weight is 373 g/mol. The van der Waals surface area contributed by atoms with Gasteiger partial charge >= 0.3 is 0 Å². The minimum absolute atomic E-state index is 0.190. The van der Waals surface area contributed by atoms with E-state index in [9.17, 15) is 4.79 Å². The van der Waals surface area contributed by atoms with Gasteiger partial charge in [0.1, 0.15) is 5.82 Å². The van der Waals surface area contributed by atoms with Crippen molar-refractivity contribution >= 4 is 17.7 Å². The largest absolute Gasteiger partial charge is 0.336 e. The molecule has 1 aliphatic heterocycles. The van der Waals surface area contributed by atoms with Gasteiger partial charge in [0.05, 0.1) is 5.25 Å². The molecular weight excluding hydrogens is 344 g/mol. The lowest BCUT2D eigenvalue weighted by molar-refractivity contribution is -0.136. The molecule has 1 fully saturated rings. The number of hydrogen-bond acceptors (Lipinski definition) is 4. The highest BCUT2D eigenvalue weighted by Gasteiger charge is 2.32. The second kappa shape index (κ2) is 7.82.